The average molecular weight is 226 g/mol. The molecule has 0 aromatic rings. The second kappa shape index (κ2) is 2.66. The van der Waals surface area contributed by atoms with Crippen molar-refractivity contribution in [2.75, 3.05) is 0 Å². The van der Waals surface area contributed by atoms with Gasteiger partial charge in [-0.05, 0) is 19.3 Å². The van der Waals surface area contributed by atoms with Crippen molar-refractivity contribution in [1.82, 2.24) is 5.32 Å². The molecule has 1 saturated carbocycles. The van der Waals surface area contributed by atoms with Crippen LogP contribution in [0.15, 0.2) is 0 Å². The van der Waals surface area contributed by atoms with Crippen molar-refractivity contribution in [3.63, 3.8) is 0 Å². The van der Waals surface area contributed by atoms with Crippen molar-refractivity contribution < 1.29 is 27.4 Å². The third-order valence-electron chi connectivity index (χ3n) is 1.43. The molecule has 0 radical (unpaired) electrons. The first-order valence-corrected chi connectivity index (χ1v) is 3.93. The lowest BCUT2D eigenvalue weighted by Crippen LogP contribution is -3.39. The molecule has 1 aliphatic rings. The van der Waals surface area contributed by atoms with E-state index in [0.29, 0.717) is 6.04 Å². The van der Waals surface area contributed by atoms with Gasteiger partial charge in [0, 0.05) is 6.04 Å². The highest BCUT2D eigenvalue weighted by Gasteiger charge is 2.20. The van der Waals surface area contributed by atoms with Crippen LogP contribution in [0.5, 0.6) is 0 Å². The molecule has 0 aliphatic heterocycles. The fourth-order valence-corrected chi connectivity index (χ4v) is 1.19. The van der Waals surface area contributed by atoms with Gasteiger partial charge in [0.15, 0.2) is 0 Å². The van der Waals surface area contributed by atoms with E-state index >= 15 is 0 Å². The normalized spacial score (nSPS) is 19.6. The van der Waals surface area contributed by atoms with Gasteiger partial charge in [0.05, 0.1) is 0 Å². The summed E-state index contributed by atoms with van der Waals surface area (Å²) in [6.07, 6.45) is 3.65. The number of rotatable bonds is 1. The largest absolute Gasteiger partial charge is 0.455 e. The molecule has 3 heteroatoms. The molecule has 8 heavy (non-hydrogen) atoms. The summed E-state index contributed by atoms with van der Waals surface area (Å²) in [5.74, 6) is 0. The van der Waals surface area contributed by atoms with E-state index in [1.165, 1.54) is 41.9 Å². The number of halogens is 1. The molecule has 0 saturated heterocycles. The second-order valence-electron chi connectivity index (χ2n) is 2.06. The maximum Gasteiger partial charge on any atom is 0.455 e. The minimum Gasteiger partial charge on any atom is -0.311 e. The number of hydrogen-bond acceptors (Lipinski definition) is 1. The summed E-state index contributed by atoms with van der Waals surface area (Å²) in [5, 5.41) is 2.84. The fraction of sp³-hybridized carbons (Fsp3) is 0.800. The quantitative estimate of drug-likeness (QED) is 0.300. The molecular weight excluding hydrogens is 217 g/mol. The van der Waals surface area contributed by atoms with Crippen LogP contribution in [0.1, 0.15) is 19.3 Å². The van der Waals surface area contributed by atoms with E-state index < -0.39 is 0 Å². The summed E-state index contributed by atoms with van der Waals surface area (Å²) in [5.41, 5.74) is 0. The zero-order chi connectivity index (χ0) is 5.98. The van der Waals surface area contributed by atoms with Gasteiger partial charge in [-0.1, -0.05) is 0 Å². The zero-order valence-electron chi connectivity index (χ0n) is 4.52. The lowest BCUT2D eigenvalue weighted by molar-refractivity contribution is -0.252. The Morgan fingerprint density at radius 1 is 1.62 bits per heavy atom. The Labute approximate surface area is 62.2 Å². The minimum absolute atomic E-state index is 0.116. The topological polar surface area (TPSA) is 29.1 Å². The van der Waals surface area contributed by atoms with Crippen molar-refractivity contribution >= 4 is 3.91 Å². The van der Waals surface area contributed by atoms with Crippen LogP contribution in [0.3, 0.4) is 0 Å². The Balaban J connectivity index is 2.09. The predicted molar refractivity (Wildman–Crippen MR) is 27.6 cm³/mol. The highest BCUT2D eigenvalue weighted by molar-refractivity contribution is 5.62. The fourth-order valence-electron chi connectivity index (χ4n) is 0.719. The Morgan fingerprint density at radius 2 is 2.25 bits per heavy atom. The van der Waals surface area contributed by atoms with E-state index in [2.05, 4.69) is 5.32 Å². The number of carbonyl (C=O) groups is 1. The SMILES string of the molecule is O=C([IH+])NC1CCC1. The van der Waals surface area contributed by atoms with Crippen LogP contribution < -0.4 is 27.9 Å². The molecule has 1 amide bonds. The van der Waals surface area contributed by atoms with Gasteiger partial charge in [-0.15, -0.1) is 0 Å². The number of carbonyl (C=O) groups excluding carboxylic acids is 1. The van der Waals surface area contributed by atoms with Crippen LogP contribution >= 0.6 is 0 Å². The molecule has 1 rings (SSSR count). The van der Waals surface area contributed by atoms with Gasteiger partial charge in [-0.25, -0.2) is 4.79 Å². The van der Waals surface area contributed by atoms with Crippen molar-refractivity contribution in [2.45, 2.75) is 25.3 Å². The van der Waals surface area contributed by atoms with Crippen LogP contribution in [0.25, 0.3) is 0 Å². The Bertz CT molecular complexity index is 101. The standard InChI is InChI=1S/C5H8INO/c6-5(8)7-4-2-1-3-4/h4,6H,1-3H2/p+1. The maximum absolute atomic E-state index is 10.3. The van der Waals surface area contributed by atoms with E-state index in [1.54, 1.807) is 0 Å². The van der Waals surface area contributed by atoms with Gasteiger partial charge in [-0.3, -0.25) is 0 Å². The van der Waals surface area contributed by atoms with Gasteiger partial charge in [0.1, 0.15) is 0 Å². The first kappa shape index (κ1) is 6.32. The molecule has 0 aromatic carbocycles. The van der Waals surface area contributed by atoms with Crippen LogP contribution in [0.4, 0.5) is 4.79 Å². The summed E-state index contributed by atoms with van der Waals surface area (Å²) in [7, 11) is 0. The highest BCUT2D eigenvalue weighted by Crippen LogP contribution is 2.17. The molecule has 0 spiro atoms. The van der Waals surface area contributed by atoms with Crippen molar-refractivity contribution in [3.05, 3.63) is 0 Å². The summed E-state index contributed by atoms with van der Waals surface area (Å²) >= 11 is 1.50. The van der Waals surface area contributed by atoms with Crippen LogP contribution in [0, 0.1) is 0 Å². The first-order chi connectivity index (χ1) is 3.79. The molecule has 0 heterocycles. The number of nitrogens with one attached hydrogen (secondary N) is 1. The predicted octanol–water partition coefficient (Wildman–Crippen LogP) is -2.47. The molecule has 2 nitrogen and oxygen atoms in total. The molecule has 1 aliphatic carbocycles. The average Bonchev–Trinajstić information content (AvgIpc) is 1.55. The Kier molecular flexibility index (Phi) is 2.10. The Hall–Kier alpha value is 0.200. The van der Waals surface area contributed by atoms with E-state index in [-0.39, 0.29) is 3.91 Å². The zero-order valence-corrected chi connectivity index (χ0v) is 6.85. The molecule has 0 bridgehead atoms. The monoisotopic (exact) mass is 226 g/mol. The number of hydrogen-bond donors (Lipinski definition) is 1. The van der Waals surface area contributed by atoms with E-state index in [4.69, 9.17) is 0 Å². The molecule has 1 N–H and O–H groups in total. The summed E-state index contributed by atoms with van der Waals surface area (Å²) in [4.78, 5) is 10.3. The smallest absolute Gasteiger partial charge is 0.311 e. The van der Waals surface area contributed by atoms with Crippen LogP contribution in [-0.4, -0.2) is 9.96 Å². The third-order valence-corrected chi connectivity index (χ3v) is 1.76. The lowest BCUT2D eigenvalue weighted by Gasteiger charge is -2.23. The van der Waals surface area contributed by atoms with Crippen molar-refractivity contribution in [1.29, 1.82) is 0 Å². The Morgan fingerprint density at radius 3 is 2.38 bits per heavy atom. The summed E-state index contributed by atoms with van der Waals surface area (Å²) in [6, 6.07) is 0.509. The van der Waals surface area contributed by atoms with Gasteiger partial charge >= 0.3 is 26.5 Å². The molecule has 0 atom stereocenters. The third kappa shape index (κ3) is 1.61. The number of amides is 1. The second-order valence-corrected chi connectivity index (χ2v) is 3.12. The molecule has 0 aromatic heterocycles. The molecule has 46 valence electrons. The summed E-state index contributed by atoms with van der Waals surface area (Å²) in [6.45, 7) is 0. The minimum atomic E-state index is 0.116. The van der Waals surface area contributed by atoms with Gasteiger partial charge in [0.2, 0.25) is 0 Å². The maximum atomic E-state index is 10.3. The van der Waals surface area contributed by atoms with E-state index in [9.17, 15) is 4.79 Å². The van der Waals surface area contributed by atoms with E-state index in [1.807, 2.05) is 0 Å². The van der Waals surface area contributed by atoms with Crippen molar-refractivity contribution in [3.8, 4) is 0 Å². The molecule has 0 unspecified atom stereocenters. The van der Waals surface area contributed by atoms with Gasteiger partial charge in [0.25, 0.3) is 0 Å². The molecule has 1 fully saturated rings. The lowest BCUT2D eigenvalue weighted by atomic mass is 9.94. The molecular formula is C5H9INO+. The van der Waals surface area contributed by atoms with Crippen LogP contribution in [-0.2, 0) is 0 Å². The van der Waals surface area contributed by atoms with Crippen LogP contribution in [0.2, 0.25) is 0 Å². The van der Waals surface area contributed by atoms with Crippen molar-refractivity contribution in [2.24, 2.45) is 0 Å². The first-order valence-electron chi connectivity index (χ1n) is 2.76. The highest BCUT2D eigenvalue weighted by atomic mass is 127. The van der Waals surface area contributed by atoms with Gasteiger partial charge in [-0.2, -0.15) is 0 Å². The van der Waals surface area contributed by atoms with Gasteiger partial charge < -0.3 is 5.32 Å². The summed E-state index contributed by atoms with van der Waals surface area (Å²) < 4.78 is 0.116. The van der Waals surface area contributed by atoms with E-state index in [0.717, 1.165) is 0 Å².